The van der Waals surface area contributed by atoms with Crippen LogP contribution in [0, 0.1) is 6.92 Å². The van der Waals surface area contributed by atoms with Crippen LogP contribution in [0.1, 0.15) is 17.0 Å². The average Bonchev–Trinajstić information content (AvgIpc) is 3.24. The predicted octanol–water partition coefficient (Wildman–Crippen LogP) is 4.55. The lowest BCUT2D eigenvalue weighted by Gasteiger charge is -2.33. The standard InChI is InChI=1S/C23H23F3N4O4/c1-16-14-20(34-28-16)8-9-29-10-12-30(13-11-29)22(31)33-19-5-3-18(4-6-19)32-21-7-2-17(15-27-21)23(24,25)26/h2-7,14-15H,8-13H2,1H3. The Balaban J connectivity index is 1.22. The summed E-state index contributed by atoms with van der Waals surface area (Å²) in [5.41, 5.74) is 0.00580. The number of halogens is 3. The lowest BCUT2D eigenvalue weighted by Crippen LogP contribution is -2.49. The lowest BCUT2D eigenvalue weighted by molar-refractivity contribution is -0.137. The Bertz CT molecular complexity index is 1090. The van der Waals surface area contributed by atoms with Crippen LogP contribution in [0.15, 0.2) is 53.2 Å². The molecule has 4 rings (SSSR count). The zero-order chi connectivity index (χ0) is 24.1. The van der Waals surface area contributed by atoms with Crippen molar-refractivity contribution < 1.29 is 32.0 Å². The summed E-state index contributed by atoms with van der Waals surface area (Å²) in [6, 6.07) is 10.1. The van der Waals surface area contributed by atoms with Crippen molar-refractivity contribution in [2.24, 2.45) is 0 Å². The van der Waals surface area contributed by atoms with Gasteiger partial charge >= 0.3 is 12.3 Å². The number of aromatic nitrogens is 2. The molecule has 1 fully saturated rings. The fourth-order valence-corrected chi connectivity index (χ4v) is 3.43. The first-order valence-corrected chi connectivity index (χ1v) is 10.7. The van der Waals surface area contributed by atoms with Gasteiger partial charge < -0.3 is 18.9 Å². The number of nitrogens with zero attached hydrogens (tertiary/aromatic N) is 4. The molecule has 180 valence electrons. The minimum Gasteiger partial charge on any atom is -0.439 e. The van der Waals surface area contributed by atoms with Gasteiger partial charge in [0.15, 0.2) is 0 Å². The van der Waals surface area contributed by atoms with E-state index in [-0.39, 0.29) is 5.88 Å². The van der Waals surface area contributed by atoms with E-state index in [2.05, 4.69) is 15.0 Å². The van der Waals surface area contributed by atoms with Crippen LogP contribution >= 0.6 is 0 Å². The maximum Gasteiger partial charge on any atom is 0.417 e. The van der Waals surface area contributed by atoms with Crippen LogP contribution in [0.4, 0.5) is 18.0 Å². The lowest BCUT2D eigenvalue weighted by atomic mass is 10.2. The van der Waals surface area contributed by atoms with Gasteiger partial charge in [0.1, 0.15) is 17.3 Å². The Labute approximate surface area is 193 Å². The number of aryl methyl sites for hydroxylation is 1. The average molecular weight is 476 g/mol. The molecular formula is C23H23F3N4O4. The van der Waals surface area contributed by atoms with E-state index in [1.807, 2.05) is 13.0 Å². The molecule has 0 atom stereocenters. The fourth-order valence-electron chi connectivity index (χ4n) is 3.43. The Morgan fingerprint density at radius 1 is 1.06 bits per heavy atom. The fraction of sp³-hybridized carbons (Fsp3) is 0.348. The number of carbonyl (C=O) groups excluding carboxylic acids is 1. The summed E-state index contributed by atoms with van der Waals surface area (Å²) in [6.45, 7) is 5.27. The van der Waals surface area contributed by atoms with E-state index in [4.69, 9.17) is 14.0 Å². The van der Waals surface area contributed by atoms with E-state index in [0.29, 0.717) is 30.8 Å². The molecule has 0 N–H and O–H groups in total. The molecule has 8 nitrogen and oxygen atoms in total. The first-order chi connectivity index (χ1) is 16.3. The SMILES string of the molecule is Cc1cc(CCN2CCN(C(=O)Oc3ccc(Oc4ccc(C(F)(F)F)cn4)cc3)CC2)on1. The van der Waals surface area contributed by atoms with Gasteiger partial charge in [0, 0.05) is 57.5 Å². The first-order valence-electron chi connectivity index (χ1n) is 10.7. The van der Waals surface area contributed by atoms with E-state index in [1.54, 1.807) is 29.2 Å². The predicted molar refractivity (Wildman–Crippen MR) is 115 cm³/mol. The van der Waals surface area contributed by atoms with E-state index >= 15 is 0 Å². The minimum atomic E-state index is -4.46. The molecule has 0 saturated carbocycles. The van der Waals surface area contributed by atoms with Crippen molar-refractivity contribution in [2.45, 2.75) is 19.5 Å². The quantitative estimate of drug-likeness (QED) is 0.516. The van der Waals surface area contributed by atoms with Crippen LogP contribution in [0.2, 0.25) is 0 Å². The molecule has 34 heavy (non-hydrogen) atoms. The molecule has 0 radical (unpaired) electrons. The second kappa shape index (κ2) is 10.1. The molecule has 3 heterocycles. The first kappa shape index (κ1) is 23.6. The molecular weight excluding hydrogens is 453 g/mol. The summed E-state index contributed by atoms with van der Waals surface area (Å²) in [5, 5.41) is 3.88. The van der Waals surface area contributed by atoms with Gasteiger partial charge in [0.05, 0.1) is 11.3 Å². The Morgan fingerprint density at radius 3 is 2.35 bits per heavy atom. The van der Waals surface area contributed by atoms with Crippen LogP contribution in [-0.2, 0) is 12.6 Å². The number of benzene rings is 1. The van der Waals surface area contributed by atoms with Gasteiger partial charge in [-0.05, 0) is 37.3 Å². The van der Waals surface area contributed by atoms with Crippen molar-refractivity contribution in [3.05, 3.63) is 65.7 Å². The van der Waals surface area contributed by atoms with Crippen LogP contribution in [0.3, 0.4) is 0 Å². The number of alkyl halides is 3. The molecule has 1 amide bonds. The molecule has 3 aromatic rings. The van der Waals surface area contributed by atoms with Gasteiger partial charge in [-0.25, -0.2) is 9.78 Å². The third-order valence-electron chi connectivity index (χ3n) is 5.30. The van der Waals surface area contributed by atoms with Gasteiger partial charge in [0.2, 0.25) is 5.88 Å². The molecule has 0 unspecified atom stereocenters. The smallest absolute Gasteiger partial charge is 0.417 e. The summed E-state index contributed by atoms with van der Waals surface area (Å²) in [6.07, 6.45) is -3.42. The second-order valence-corrected chi connectivity index (χ2v) is 7.84. The van der Waals surface area contributed by atoms with Crippen molar-refractivity contribution in [3.63, 3.8) is 0 Å². The number of amides is 1. The summed E-state index contributed by atoms with van der Waals surface area (Å²) < 4.78 is 53.9. The number of rotatable bonds is 6. The number of carbonyl (C=O) groups is 1. The number of ether oxygens (including phenoxy) is 2. The summed E-state index contributed by atoms with van der Waals surface area (Å²) in [5.74, 6) is 1.55. The molecule has 0 spiro atoms. The Morgan fingerprint density at radius 2 is 1.76 bits per heavy atom. The van der Waals surface area contributed by atoms with Crippen LogP contribution < -0.4 is 9.47 Å². The molecule has 0 bridgehead atoms. The van der Waals surface area contributed by atoms with Crippen LogP contribution in [0.25, 0.3) is 0 Å². The number of hydrogen-bond donors (Lipinski definition) is 0. The highest BCUT2D eigenvalue weighted by Crippen LogP contribution is 2.30. The maximum absolute atomic E-state index is 12.6. The molecule has 2 aromatic heterocycles. The largest absolute Gasteiger partial charge is 0.439 e. The highest BCUT2D eigenvalue weighted by molar-refractivity contribution is 5.70. The molecule has 1 aliphatic rings. The summed E-state index contributed by atoms with van der Waals surface area (Å²) in [4.78, 5) is 20.0. The van der Waals surface area contributed by atoms with E-state index in [0.717, 1.165) is 49.6 Å². The molecule has 0 aliphatic carbocycles. The monoisotopic (exact) mass is 476 g/mol. The van der Waals surface area contributed by atoms with Crippen molar-refractivity contribution in [1.82, 2.24) is 19.9 Å². The highest BCUT2D eigenvalue weighted by atomic mass is 19.4. The van der Waals surface area contributed by atoms with Gasteiger partial charge in [-0.15, -0.1) is 0 Å². The Kier molecular flexibility index (Phi) is 7.01. The molecule has 1 saturated heterocycles. The van der Waals surface area contributed by atoms with Gasteiger partial charge in [-0.3, -0.25) is 4.90 Å². The van der Waals surface area contributed by atoms with Gasteiger partial charge in [-0.2, -0.15) is 13.2 Å². The van der Waals surface area contributed by atoms with E-state index in [1.165, 1.54) is 0 Å². The van der Waals surface area contributed by atoms with Gasteiger partial charge in [0.25, 0.3) is 0 Å². The maximum atomic E-state index is 12.6. The normalized spacial score (nSPS) is 14.8. The zero-order valence-electron chi connectivity index (χ0n) is 18.4. The van der Waals surface area contributed by atoms with Crippen molar-refractivity contribution in [2.75, 3.05) is 32.7 Å². The number of piperazine rings is 1. The third kappa shape index (κ3) is 6.25. The highest BCUT2D eigenvalue weighted by Gasteiger charge is 2.30. The molecule has 1 aromatic carbocycles. The van der Waals surface area contributed by atoms with Crippen LogP contribution in [-0.4, -0.2) is 58.8 Å². The minimum absolute atomic E-state index is 0.0223. The molecule has 1 aliphatic heterocycles. The van der Waals surface area contributed by atoms with Crippen molar-refractivity contribution in [1.29, 1.82) is 0 Å². The van der Waals surface area contributed by atoms with E-state index in [9.17, 15) is 18.0 Å². The second-order valence-electron chi connectivity index (χ2n) is 7.84. The van der Waals surface area contributed by atoms with E-state index < -0.39 is 17.8 Å². The summed E-state index contributed by atoms with van der Waals surface area (Å²) in [7, 11) is 0. The summed E-state index contributed by atoms with van der Waals surface area (Å²) >= 11 is 0. The third-order valence-corrected chi connectivity index (χ3v) is 5.30. The Hall–Kier alpha value is -3.60. The topological polar surface area (TPSA) is 80.9 Å². The van der Waals surface area contributed by atoms with Crippen molar-refractivity contribution in [3.8, 4) is 17.4 Å². The number of hydrogen-bond acceptors (Lipinski definition) is 7. The van der Waals surface area contributed by atoms with Crippen molar-refractivity contribution >= 4 is 6.09 Å². The van der Waals surface area contributed by atoms with Gasteiger partial charge in [-0.1, -0.05) is 5.16 Å². The zero-order valence-corrected chi connectivity index (χ0v) is 18.4. The van der Waals surface area contributed by atoms with Crippen LogP contribution in [0.5, 0.6) is 17.4 Å². The number of pyridine rings is 1. The molecule has 11 heteroatoms.